The molecule has 2 nitrogen and oxygen atoms in total. The van der Waals surface area contributed by atoms with Crippen LogP contribution in [0.1, 0.15) is 46.8 Å². The van der Waals surface area contributed by atoms with E-state index in [1.807, 2.05) is 0 Å². The zero-order valence-corrected chi connectivity index (χ0v) is 10.8. The SMILES string of the molecule is CC(C)c1cccc(Cc2cnccc2C=O)c1. The Bertz CT molecular complexity index is 546. The number of aldehydes is 1. The van der Waals surface area contributed by atoms with Crippen LogP contribution in [-0.2, 0) is 6.42 Å². The van der Waals surface area contributed by atoms with Crippen molar-refractivity contribution < 1.29 is 4.79 Å². The lowest BCUT2D eigenvalue weighted by atomic mass is 9.97. The fourth-order valence-corrected chi connectivity index (χ4v) is 1.98. The van der Waals surface area contributed by atoms with Crippen LogP contribution in [0.2, 0.25) is 0 Å². The Balaban J connectivity index is 2.28. The van der Waals surface area contributed by atoms with Crippen molar-refractivity contribution in [3.63, 3.8) is 0 Å². The van der Waals surface area contributed by atoms with Crippen LogP contribution in [-0.4, -0.2) is 11.3 Å². The summed E-state index contributed by atoms with van der Waals surface area (Å²) in [6, 6.07) is 10.3. The lowest BCUT2D eigenvalue weighted by Gasteiger charge is -2.09. The van der Waals surface area contributed by atoms with Gasteiger partial charge in [-0.05, 0) is 35.1 Å². The molecule has 0 spiro atoms. The van der Waals surface area contributed by atoms with Gasteiger partial charge in [0.2, 0.25) is 0 Å². The molecule has 0 bridgehead atoms. The minimum Gasteiger partial charge on any atom is -0.298 e. The highest BCUT2D eigenvalue weighted by Gasteiger charge is 2.05. The average Bonchev–Trinajstić information content (AvgIpc) is 2.39. The van der Waals surface area contributed by atoms with Gasteiger partial charge in [0.05, 0.1) is 0 Å². The van der Waals surface area contributed by atoms with Crippen LogP contribution in [0.25, 0.3) is 0 Å². The molecular weight excluding hydrogens is 222 g/mol. The Labute approximate surface area is 108 Å². The van der Waals surface area contributed by atoms with Gasteiger partial charge >= 0.3 is 0 Å². The van der Waals surface area contributed by atoms with Gasteiger partial charge in [0.25, 0.3) is 0 Å². The van der Waals surface area contributed by atoms with Crippen molar-refractivity contribution in [1.29, 1.82) is 0 Å². The largest absolute Gasteiger partial charge is 0.298 e. The first-order valence-corrected chi connectivity index (χ1v) is 6.17. The van der Waals surface area contributed by atoms with Crippen LogP contribution >= 0.6 is 0 Å². The number of hydrogen-bond donors (Lipinski definition) is 0. The molecule has 0 N–H and O–H groups in total. The molecular formula is C16H17NO. The second-order valence-electron chi connectivity index (χ2n) is 4.77. The lowest BCUT2D eigenvalue weighted by molar-refractivity contribution is 0.112. The third kappa shape index (κ3) is 2.83. The second kappa shape index (κ2) is 5.58. The minimum atomic E-state index is 0.518. The molecule has 1 heterocycles. The van der Waals surface area contributed by atoms with E-state index in [0.717, 1.165) is 23.8 Å². The molecule has 0 saturated heterocycles. The van der Waals surface area contributed by atoms with Crippen molar-refractivity contribution in [2.75, 3.05) is 0 Å². The molecule has 92 valence electrons. The summed E-state index contributed by atoms with van der Waals surface area (Å²) in [7, 11) is 0. The van der Waals surface area contributed by atoms with E-state index in [4.69, 9.17) is 0 Å². The molecule has 0 amide bonds. The number of pyridine rings is 1. The summed E-state index contributed by atoms with van der Waals surface area (Å²) in [5.41, 5.74) is 4.25. The Hall–Kier alpha value is -1.96. The highest BCUT2D eigenvalue weighted by atomic mass is 16.1. The van der Waals surface area contributed by atoms with Crippen LogP contribution in [0.5, 0.6) is 0 Å². The summed E-state index contributed by atoms with van der Waals surface area (Å²) in [5, 5.41) is 0. The maximum atomic E-state index is 11.0. The molecule has 0 aliphatic heterocycles. The molecule has 0 fully saturated rings. The number of benzene rings is 1. The summed E-state index contributed by atoms with van der Waals surface area (Å²) >= 11 is 0. The Morgan fingerprint density at radius 2 is 2.11 bits per heavy atom. The smallest absolute Gasteiger partial charge is 0.150 e. The molecule has 0 saturated carbocycles. The Morgan fingerprint density at radius 3 is 2.83 bits per heavy atom. The van der Waals surface area contributed by atoms with Crippen LogP contribution in [0.4, 0.5) is 0 Å². The highest BCUT2D eigenvalue weighted by Crippen LogP contribution is 2.18. The number of nitrogens with zero attached hydrogens (tertiary/aromatic N) is 1. The molecule has 2 heteroatoms. The third-order valence-corrected chi connectivity index (χ3v) is 3.08. The van der Waals surface area contributed by atoms with Gasteiger partial charge in [-0.1, -0.05) is 38.1 Å². The van der Waals surface area contributed by atoms with E-state index in [1.165, 1.54) is 11.1 Å². The summed E-state index contributed by atoms with van der Waals surface area (Å²) in [6.07, 6.45) is 5.06. The number of rotatable bonds is 4. The third-order valence-electron chi connectivity index (χ3n) is 3.08. The van der Waals surface area contributed by atoms with E-state index in [1.54, 1.807) is 18.5 Å². The van der Waals surface area contributed by atoms with Crippen molar-refractivity contribution in [1.82, 2.24) is 4.98 Å². The first-order valence-electron chi connectivity index (χ1n) is 6.17. The van der Waals surface area contributed by atoms with Crippen molar-refractivity contribution in [3.8, 4) is 0 Å². The lowest BCUT2D eigenvalue weighted by Crippen LogP contribution is -1.97. The van der Waals surface area contributed by atoms with Crippen LogP contribution in [0.3, 0.4) is 0 Å². The second-order valence-corrected chi connectivity index (χ2v) is 4.77. The van der Waals surface area contributed by atoms with Gasteiger partial charge in [0, 0.05) is 18.0 Å². The summed E-state index contributed by atoms with van der Waals surface area (Å²) in [5.74, 6) is 0.518. The molecule has 2 aromatic rings. The van der Waals surface area contributed by atoms with Crippen molar-refractivity contribution >= 4 is 6.29 Å². The number of aromatic nitrogens is 1. The predicted octanol–water partition coefficient (Wildman–Crippen LogP) is 3.61. The molecule has 0 radical (unpaired) electrons. The predicted molar refractivity (Wildman–Crippen MR) is 73.0 cm³/mol. The fourth-order valence-electron chi connectivity index (χ4n) is 1.98. The van der Waals surface area contributed by atoms with E-state index in [2.05, 4.69) is 43.1 Å². The first-order chi connectivity index (χ1) is 8.70. The van der Waals surface area contributed by atoms with Crippen LogP contribution in [0, 0.1) is 0 Å². The normalized spacial score (nSPS) is 10.6. The molecule has 18 heavy (non-hydrogen) atoms. The molecule has 0 unspecified atom stereocenters. The van der Waals surface area contributed by atoms with Gasteiger partial charge in [0.1, 0.15) is 6.29 Å². The van der Waals surface area contributed by atoms with Gasteiger partial charge < -0.3 is 0 Å². The molecule has 0 aliphatic carbocycles. The van der Waals surface area contributed by atoms with E-state index < -0.39 is 0 Å². The quantitative estimate of drug-likeness (QED) is 0.763. The summed E-state index contributed by atoms with van der Waals surface area (Å²) in [4.78, 5) is 15.1. The van der Waals surface area contributed by atoms with E-state index >= 15 is 0 Å². The molecule has 2 rings (SSSR count). The van der Waals surface area contributed by atoms with Crippen LogP contribution in [0.15, 0.2) is 42.7 Å². The van der Waals surface area contributed by atoms with E-state index in [9.17, 15) is 4.79 Å². The number of carbonyl (C=O) groups excluding carboxylic acids is 1. The van der Waals surface area contributed by atoms with Gasteiger partial charge in [-0.2, -0.15) is 0 Å². The topological polar surface area (TPSA) is 30.0 Å². The van der Waals surface area contributed by atoms with E-state index in [0.29, 0.717) is 5.92 Å². The van der Waals surface area contributed by atoms with Gasteiger partial charge in [0.15, 0.2) is 0 Å². The summed E-state index contributed by atoms with van der Waals surface area (Å²) in [6.45, 7) is 4.36. The van der Waals surface area contributed by atoms with Gasteiger partial charge in [-0.3, -0.25) is 9.78 Å². The Morgan fingerprint density at radius 1 is 1.28 bits per heavy atom. The Kier molecular flexibility index (Phi) is 3.88. The molecule has 1 aromatic carbocycles. The zero-order chi connectivity index (χ0) is 13.0. The monoisotopic (exact) mass is 239 g/mol. The maximum Gasteiger partial charge on any atom is 0.150 e. The fraction of sp³-hybridized carbons (Fsp3) is 0.250. The highest BCUT2D eigenvalue weighted by molar-refractivity contribution is 5.77. The standard InChI is InChI=1S/C16H17NO/c1-12(2)14-5-3-4-13(8-14)9-16-10-17-7-6-15(16)11-18/h3-8,10-12H,9H2,1-2H3. The van der Waals surface area contributed by atoms with Crippen LogP contribution < -0.4 is 0 Å². The van der Waals surface area contributed by atoms with Gasteiger partial charge in [-0.15, -0.1) is 0 Å². The van der Waals surface area contributed by atoms with Crippen molar-refractivity contribution in [2.24, 2.45) is 0 Å². The minimum absolute atomic E-state index is 0.518. The molecule has 1 aromatic heterocycles. The first kappa shape index (κ1) is 12.5. The average molecular weight is 239 g/mol. The van der Waals surface area contributed by atoms with E-state index in [-0.39, 0.29) is 0 Å². The van der Waals surface area contributed by atoms with Gasteiger partial charge in [-0.25, -0.2) is 0 Å². The number of carbonyl (C=O) groups is 1. The summed E-state index contributed by atoms with van der Waals surface area (Å²) < 4.78 is 0. The molecule has 0 atom stereocenters. The number of hydrogen-bond acceptors (Lipinski definition) is 2. The molecule has 0 aliphatic rings. The zero-order valence-electron chi connectivity index (χ0n) is 10.8. The van der Waals surface area contributed by atoms with Crippen molar-refractivity contribution in [2.45, 2.75) is 26.2 Å². The van der Waals surface area contributed by atoms with Crippen molar-refractivity contribution in [3.05, 3.63) is 65.0 Å². The maximum absolute atomic E-state index is 11.0.